The van der Waals surface area contributed by atoms with Gasteiger partial charge in [-0.3, -0.25) is 9.59 Å². The normalized spacial score (nSPS) is 9.50. The van der Waals surface area contributed by atoms with Crippen molar-refractivity contribution in [2.75, 3.05) is 6.61 Å². The highest BCUT2D eigenvalue weighted by Crippen LogP contribution is 1.96. The summed E-state index contributed by atoms with van der Waals surface area (Å²) in [6.45, 7) is 1.50. The van der Waals surface area contributed by atoms with Crippen molar-refractivity contribution in [1.82, 2.24) is 0 Å². The summed E-state index contributed by atoms with van der Waals surface area (Å²) < 4.78 is 4.69. The van der Waals surface area contributed by atoms with Crippen LogP contribution in [0.15, 0.2) is 0 Å². The standard InChI is InChI=1S/C9H14O5/c1-7(10)4-5-9(13)14-6-2-3-8(11)12/h2-6H2,1H3,(H,11,12). The van der Waals surface area contributed by atoms with E-state index in [0.717, 1.165) is 0 Å². The molecule has 5 heteroatoms. The highest BCUT2D eigenvalue weighted by molar-refractivity contribution is 5.80. The summed E-state index contributed by atoms with van der Waals surface area (Å²) in [5.74, 6) is -1.43. The Kier molecular flexibility index (Phi) is 6.36. The number of aliphatic carboxylic acids is 1. The van der Waals surface area contributed by atoms with E-state index in [1.54, 1.807) is 0 Å². The van der Waals surface area contributed by atoms with Gasteiger partial charge < -0.3 is 14.6 Å². The molecule has 0 aromatic rings. The number of esters is 1. The van der Waals surface area contributed by atoms with Gasteiger partial charge >= 0.3 is 11.9 Å². The van der Waals surface area contributed by atoms with Gasteiger partial charge in [0.15, 0.2) is 0 Å². The number of Topliss-reactive ketones (excluding diaryl/α,β-unsaturated/α-hetero) is 1. The smallest absolute Gasteiger partial charge is 0.306 e. The molecule has 0 rings (SSSR count). The molecule has 0 aromatic carbocycles. The van der Waals surface area contributed by atoms with Crippen molar-refractivity contribution < 1.29 is 24.2 Å². The number of ketones is 1. The highest BCUT2D eigenvalue weighted by atomic mass is 16.5. The maximum absolute atomic E-state index is 10.9. The van der Waals surface area contributed by atoms with Gasteiger partial charge in [-0.05, 0) is 13.3 Å². The van der Waals surface area contributed by atoms with Crippen LogP contribution in [0.25, 0.3) is 0 Å². The first kappa shape index (κ1) is 12.6. The average Bonchev–Trinajstić information content (AvgIpc) is 2.08. The van der Waals surface area contributed by atoms with Gasteiger partial charge in [0, 0.05) is 12.8 Å². The summed E-state index contributed by atoms with van der Waals surface area (Å²) in [5, 5.41) is 8.27. The predicted molar refractivity (Wildman–Crippen MR) is 47.7 cm³/mol. The van der Waals surface area contributed by atoms with E-state index in [2.05, 4.69) is 4.74 Å². The first-order chi connectivity index (χ1) is 6.52. The number of hydrogen-bond acceptors (Lipinski definition) is 4. The Morgan fingerprint density at radius 2 is 1.79 bits per heavy atom. The number of carbonyl (C=O) groups excluding carboxylic acids is 2. The lowest BCUT2D eigenvalue weighted by Gasteiger charge is -2.01. The molecule has 0 spiro atoms. The molecule has 14 heavy (non-hydrogen) atoms. The van der Waals surface area contributed by atoms with E-state index in [0.29, 0.717) is 6.42 Å². The van der Waals surface area contributed by atoms with Gasteiger partial charge in [-0.1, -0.05) is 0 Å². The van der Waals surface area contributed by atoms with Gasteiger partial charge in [-0.15, -0.1) is 0 Å². The topological polar surface area (TPSA) is 80.7 Å². The molecular formula is C9H14O5. The molecule has 0 aliphatic carbocycles. The number of carbonyl (C=O) groups is 3. The molecule has 0 saturated heterocycles. The minimum Gasteiger partial charge on any atom is -0.481 e. The molecule has 0 unspecified atom stereocenters. The van der Waals surface area contributed by atoms with Crippen molar-refractivity contribution in [1.29, 1.82) is 0 Å². The van der Waals surface area contributed by atoms with Gasteiger partial charge in [-0.25, -0.2) is 0 Å². The second-order valence-electron chi connectivity index (χ2n) is 2.92. The molecule has 5 nitrogen and oxygen atoms in total. The predicted octanol–water partition coefficient (Wildman–Crippen LogP) is 0.764. The Bertz CT molecular complexity index is 221. The lowest BCUT2D eigenvalue weighted by molar-refractivity contribution is -0.146. The third kappa shape index (κ3) is 8.70. The van der Waals surface area contributed by atoms with Crippen LogP contribution in [0.4, 0.5) is 0 Å². The zero-order valence-corrected chi connectivity index (χ0v) is 8.12. The van der Waals surface area contributed by atoms with Crippen LogP contribution in [0.1, 0.15) is 32.6 Å². The van der Waals surface area contributed by atoms with E-state index in [1.165, 1.54) is 6.92 Å². The van der Waals surface area contributed by atoms with Crippen molar-refractivity contribution in [2.45, 2.75) is 32.6 Å². The SMILES string of the molecule is CC(=O)CCC(=O)OCCCC(=O)O. The molecule has 0 aromatic heterocycles. The Morgan fingerprint density at radius 3 is 2.29 bits per heavy atom. The Balaban J connectivity index is 3.36. The molecule has 80 valence electrons. The number of ether oxygens (including phenoxy) is 1. The van der Waals surface area contributed by atoms with E-state index in [9.17, 15) is 14.4 Å². The van der Waals surface area contributed by atoms with Crippen molar-refractivity contribution >= 4 is 17.7 Å². The van der Waals surface area contributed by atoms with Crippen LogP contribution >= 0.6 is 0 Å². The monoisotopic (exact) mass is 202 g/mol. The van der Waals surface area contributed by atoms with Crippen molar-refractivity contribution in [3.8, 4) is 0 Å². The van der Waals surface area contributed by atoms with E-state index in [-0.39, 0.29) is 31.7 Å². The maximum Gasteiger partial charge on any atom is 0.306 e. The van der Waals surface area contributed by atoms with E-state index < -0.39 is 11.9 Å². The van der Waals surface area contributed by atoms with Gasteiger partial charge in [0.1, 0.15) is 5.78 Å². The molecule has 1 N–H and O–H groups in total. The van der Waals surface area contributed by atoms with Gasteiger partial charge in [0.2, 0.25) is 0 Å². The second kappa shape index (κ2) is 7.06. The number of rotatable bonds is 7. The summed E-state index contributed by atoms with van der Waals surface area (Å²) in [7, 11) is 0. The van der Waals surface area contributed by atoms with Crippen molar-refractivity contribution in [3.63, 3.8) is 0 Å². The molecule has 0 fully saturated rings. The first-order valence-corrected chi connectivity index (χ1v) is 4.39. The molecule has 0 atom stereocenters. The van der Waals surface area contributed by atoms with Crippen LogP contribution in [-0.4, -0.2) is 29.4 Å². The molecule has 0 amide bonds. The summed E-state index contributed by atoms with van der Waals surface area (Å²) in [6, 6.07) is 0. The molecule has 0 aliphatic heterocycles. The Morgan fingerprint density at radius 1 is 1.14 bits per heavy atom. The van der Waals surface area contributed by atoms with Crippen molar-refractivity contribution in [3.05, 3.63) is 0 Å². The average molecular weight is 202 g/mol. The van der Waals surface area contributed by atoms with Gasteiger partial charge in [0.05, 0.1) is 13.0 Å². The quantitative estimate of drug-likeness (QED) is 0.487. The molecule has 0 heterocycles. The van der Waals surface area contributed by atoms with Crippen LogP contribution in [0.5, 0.6) is 0 Å². The molecular weight excluding hydrogens is 188 g/mol. The molecule has 0 radical (unpaired) electrons. The second-order valence-corrected chi connectivity index (χ2v) is 2.92. The largest absolute Gasteiger partial charge is 0.481 e. The van der Waals surface area contributed by atoms with Crippen LogP contribution in [0.3, 0.4) is 0 Å². The zero-order valence-electron chi connectivity index (χ0n) is 8.12. The Labute approximate surface area is 82.1 Å². The van der Waals surface area contributed by atoms with Crippen molar-refractivity contribution in [2.24, 2.45) is 0 Å². The zero-order chi connectivity index (χ0) is 11.0. The minimum absolute atomic E-state index is 0.0139. The maximum atomic E-state index is 10.9. The van der Waals surface area contributed by atoms with Crippen LogP contribution in [0, 0.1) is 0 Å². The van der Waals surface area contributed by atoms with E-state index in [1.807, 2.05) is 0 Å². The van der Waals surface area contributed by atoms with Crippen LogP contribution < -0.4 is 0 Å². The number of hydrogen-bond donors (Lipinski definition) is 1. The fourth-order valence-corrected chi connectivity index (χ4v) is 0.760. The van der Waals surface area contributed by atoms with E-state index in [4.69, 9.17) is 5.11 Å². The first-order valence-electron chi connectivity index (χ1n) is 4.39. The fourth-order valence-electron chi connectivity index (χ4n) is 0.760. The van der Waals surface area contributed by atoms with Gasteiger partial charge in [-0.2, -0.15) is 0 Å². The summed E-state index contributed by atoms with van der Waals surface area (Å²) in [5.41, 5.74) is 0. The number of carboxylic acids is 1. The highest BCUT2D eigenvalue weighted by Gasteiger charge is 2.05. The minimum atomic E-state index is -0.912. The molecule has 0 bridgehead atoms. The third-order valence-electron chi connectivity index (χ3n) is 1.48. The van der Waals surface area contributed by atoms with E-state index >= 15 is 0 Å². The lowest BCUT2D eigenvalue weighted by atomic mass is 10.2. The summed E-state index contributed by atoms with van der Waals surface area (Å²) in [6.07, 6.45) is 0.543. The molecule has 0 aliphatic rings. The fraction of sp³-hybridized carbons (Fsp3) is 0.667. The third-order valence-corrected chi connectivity index (χ3v) is 1.48. The summed E-state index contributed by atoms with van der Waals surface area (Å²) in [4.78, 5) is 31.4. The van der Waals surface area contributed by atoms with Gasteiger partial charge in [0.25, 0.3) is 0 Å². The Hall–Kier alpha value is -1.39. The number of carboxylic acid groups (broad SMARTS) is 1. The molecule has 0 saturated carbocycles. The summed E-state index contributed by atoms with van der Waals surface area (Å²) >= 11 is 0. The lowest BCUT2D eigenvalue weighted by Crippen LogP contribution is -2.08. The van der Waals surface area contributed by atoms with Crippen LogP contribution in [0.2, 0.25) is 0 Å². The van der Waals surface area contributed by atoms with Crippen LogP contribution in [-0.2, 0) is 19.1 Å².